The van der Waals surface area contributed by atoms with Gasteiger partial charge in [-0.3, -0.25) is 48.4 Å². The van der Waals surface area contributed by atoms with Crippen LogP contribution in [0.25, 0.3) is 0 Å². The Morgan fingerprint density at radius 2 is 0.985 bits per heavy atom. The van der Waals surface area contributed by atoms with E-state index in [0.29, 0.717) is 17.5 Å². The van der Waals surface area contributed by atoms with Gasteiger partial charge in [0.2, 0.25) is 5.91 Å². The van der Waals surface area contributed by atoms with Crippen LogP contribution in [0.1, 0.15) is 53.6 Å². The van der Waals surface area contributed by atoms with Crippen LogP contribution in [0.15, 0.2) is 53.0 Å². The van der Waals surface area contributed by atoms with Gasteiger partial charge >= 0.3 is 41.8 Å². The monoisotopic (exact) mass is 1010 g/mol. The normalized spacial score (nSPS) is 15.4. The summed E-state index contributed by atoms with van der Waals surface area (Å²) in [6.07, 6.45) is -0.425. The van der Waals surface area contributed by atoms with Crippen LogP contribution in [0.2, 0.25) is 0 Å². The molecule has 1 heterocycles. The van der Waals surface area contributed by atoms with E-state index in [4.69, 9.17) is 5.11 Å². The molecule has 1 aliphatic heterocycles. The fourth-order valence-electron chi connectivity index (χ4n) is 7.05. The van der Waals surface area contributed by atoms with Crippen LogP contribution in [0.3, 0.4) is 0 Å². The van der Waals surface area contributed by atoms with Gasteiger partial charge in [0.25, 0.3) is 5.91 Å². The van der Waals surface area contributed by atoms with Crippen molar-refractivity contribution in [2.45, 2.75) is 57.3 Å². The maximum Gasteiger partial charge on any atom is 0.326 e. The first-order chi connectivity index (χ1) is 31.8. The molecule has 9 N–H and O–H groups in total. The lowest BCUT2D eigenvalue weighted by Gasteiger charge is -2.32. The van der Waals surface area contributed by atoms with Crippen molar-refractivity contribution in [3.05, 3.63) is 69.7 Å². The number of unbranched alkanes of at least 4 members (excludes halogenated alkanes) is 1. The molecule has 0 aliphatic carbocycles. The van der Waals surface area contributed by atoms with E-state index >= 15 is 0 Å². The average Bonchev–Trinajstić information content (AvgIpc) is 3.25. The largest absolute Gasteiger partial charge is 0.481 e. The van der Waals surface area contributed by atoms with Gasteiger partial charge in [-0.15, -0.1) is 0 Å². The first-order valence-electron chi connectivity index (χ1n) is 21.5. The van der Waals surface area contributed by atoms with Gasteiger partial charge in [0, 0.05) is 88.4 Å². The number of carbonyl (C=O) groups excluding carboxylic acids is 3. The van der Waals surface area contributed by atoms with Gasteiger partial charge in [-0.2, -0.15) is 0 Å². The third-order valence-corrected chi connectivity index (χ3v) is 11.2. The topological polar surface area (TPSA) is 327 Å². The zero-order valence-electron chi connectivity index (χ0n) is 36.9. The van der Waals surface area contributed by atoms with Crippen molar-refractivity contribution in [2.24, 2.45) is 0 Å². The standard InChI is InChI=1S/C43H59BrN8O15/c44-32-10-6-30(7-11-32)24-52(14-2-1-3-33(41(63)64)46-43(67)47-34(42(65)66)12-13-36(54)55)40(62)31-8-4-29(5-9-31)23-45-35(53)25-48-15-17-49(26-37(56)57)19-21-51(28-39(60)61)22-20-50(18-16-48)27-38(58)59/h4-11,33-34H,1-3,12-28H2,(H,45,53)(H,54,55)(H,56,57)(H,58,59)(H,60,61)(H,63,64)(H,65,66)(H2,46,47,67)/t33-,34-/m1/s1. The first-order valence-corrected chi connectivity index (χ1v) is 22.3. The smallest absolute Gasteiger partial charge is 0.326 e. The van der Waals surface area contributed by atoms with E-state index in [1.54, 1.807) is 48.8 Å². The highest BCUT2D eigenvalue weighted by molar-refractivity contribution is 9.10. The number of carbonyl (C=O) groups is 9. The summed E-state index contributed by atoms with van der Waals surface area (Å²) < 4.78 is 0.834. The van der Waals surface area contributed by atoms with Crippen molar-refractivity contribution < 1.29 is 73.8 Å². The summed E-state index contributed by atoms with van der Waals surface area (Å²) in [4.78, 5) is 117. The summed E-state index contributed by atoms with van der Waals surface area (Å²) in [6, 6.07) is 9.90. The number of hydrogen-bond donors (Lipinski definition) is 9. The quantitative estimate of drug-likeness (QED) is 0.0609. The van der Waals surface area contributed by atoms with Crippen molar-refractivity contribution >= 4 is 69.6 Å². The molecule has 1 fully saturated rings. The summed E-state index contributed by atoms with van der Waals surface area (Å²) in [6.45, 7) is 1.58. The number of benzene rings is 2. The highest BCUT2D eigenvalue weighted by atomic mass is 79.9. The Hall–Kier alpha value is -6.21. The van der Waals surface area contributed by atoms with Gasteiger partial charge in [0.05, 0.1) is 26.2 Å². The summed E-state index contributed by atoms with van der Waals surface area (Å²) in [5.41, 5.74) is 1.83. The minimum Gasteiger partial charge on any atom is -0.481 e. The Bertz CT molecular complexity index is 1980. The molecule has 1 saturated heterocycles. The number of rotatable bonds is 25. The zero-order chi connectivity index (χ0) is 49.5. The predicted octanol–water partition coefficient (Wildman–Crippen LogP) is 0.424. The second-order valence-electron chi connectivity index (χ2n) is 15.9. The van der Waals surface area contributed by atoms with Crippen LogP contribution < -0.4 is 16.0 Å². The Morgan fingerprint density at radius 3 is 1.42 bits per heavy atom. The maximum atomic E-state index is 13.9. The predicted molar refractivity (Wildman–Crippen MR) is 241 cm³/mol. The number of nitrogens with zero attached hydrogens (tertiary/aromatic N) is 5. The number of nitrogens with one attached hydrogen (secondary N) is 3. The van der Waals surface area contributed by atoms with Gasteiger partial charge in [-0.25, -0.2) is 14.4 Å². The molecule has 23 nitrogen and oxygen atoms in total. The molecule has 0 spiro atoms. The Labute approximate surface area is 394 Å². The van der Waals surface area contributed by atoms with E-state index < -0.39 is 66.8 Å². The van der Waals surface area contributed by atoms with E-state index in [1.807, 2.05) is 24.3 Å². The molecule has 3 rings (SSSR count). The van der Waals surface area contributed by atoms with Gasteiger partial charge in [-0.1, -0.05) is 40.2 Å². The number of hydrogen-bond acceptors (Lipinski definition) is 13. The highest BCUT2D eigenvalue weighted by Gasteiger charge is 2.26. The van der Waals surface area contributed by atoms with E-state index in [9.17, 15) is 68.7 Å². The van der Waals surface area contributed by atoms with Crippen LogP contribution in [-0.2, 0) is 46.7 Å². The number of carboxylic acids is 6. The molecule has 2 atom stereocenters. The van der Waals surface area contributed by atoms with Crippen LogP contribution in [0, 0.1) is 0 Å². The minimum absolute atomic E-state index is 0.0600. The lowest BCUT2D eigenvalue weighted by atomic mass is 10.1. The van der Waals surface area contributed by atoms with Gasteiger partial charge in [0.15, 0.2) is 0 Å². The van der Waals surface area contributed by atoms with Crippen LogP contribution in [-0.4, -0.2) is 206 Å². The molecule has 67 heavy (non-hydrogen) atoms. The second kappa shape index (κ2) is 28.7. The Kier molecular flexibility index (Phi) is 23.6. The molecular formula is C43H59BrN8O15. The van der Waals surface area contributed by atoms with E-state index in [-0.39, 0.29) is 123 Å². The zero-order valence-corrected chi connectivity index (χ0v) is 38.5. The molecular weight excluding hydrogens is 948 g/mol. The molecule has 2 aromatic rings. The van der Waals surface area contributed by atoms with Crippen LogP contribution >= 0.6 is 15.9 Å². The van der Waals surface area contributed by atoms with E-state index in [1.165, 1.54) is 0 Å². The SMILES string of the molecule is O=C(O)CC[C@@H](NC(=O)N[C@H](CCCCN(Cc1ccc(Br)cc1)C(=O)c1ccc(CNC(=O)CN2CCN(CC(=O)O)CCN(CC(=O)O)CCN(CC(=O)O)CC2)cc1)C(=O)O)C(=O)O. The molecule has 2 aromatic carbocycles. The summed E-state index contributed by atoms with van der Waals surface area (Å²) in [7, 11) is 0. The molecule has 0 saturated carbocycles. The third kappa shape index (κ3) is 22.2. The maximum absolute atomic E-state index is 13.9. The molecule has 0 unspecified atom stereocenters. The van der Waals surface area contributed by atoms with Crippen LogP contribution in [0.5, 0.6) is 0 Å². The fourth-order valence-corrected chi connectivity index (χ4v) is 7.31. The highest BCUT2D eigenvalue weighted by Crippen LogP contribution is 2.17. The lowest BCUT2D eigenvalue weighted by molar-refractivity contribution is -0.141. The molecule has 0 aromatic heterocycles. The summed E-state index contributed by atoms with van der Waals surface area (Å²) in [5, 5.41) is 63.5. The van der Waals surface area contributed by atoms with Crippen LogP contribution in [0.4, 0.5) is 4.79 Å². The number of urea groups is 1. The molecule has 24 heteroatoms. The number of amides is 4. The minimum atomic E-state index is -1.55. The Balaban J connectivity index is 1.64. The number of aliphatic carboxylic acids is 6. The summed E-state index contributed by atoms with van der Waals surface area (Å²) in [5.74, 6) is -7.98. The fraction of sp³-hybridized carbons (Fsp3) is 0.512. The molecule has 0 radical (unpaired) electrons. The van der Waals surface area contributed by atoms with E-state index in [0.717, 1.165) is 10.0 Å². The van der Waals surface area contributed by atoms with Crippen molar-refractivity contribution in [3.8, 4) is 0 Å². The molecule has 1 aliphatic rings. The van der Waals surface area contributed by atoms with E-state index in [2.05, 4.69) is 31.9 Å². The molecule has 0 bridgehead atoms. The van der Waals surface area contributed by atoms with Crippen molar-refractivity contribution in [1.82, 2.24) is 40.4 Å². The number of carboxylic acid groups (broad SMARTS) is 6. The second-order valence-corrected chi connectivity index (χ2v) is 16.9. The average molecular weight is 1010 g/mol. The third-order valence-electron chi connectivity index (χ3n) is 10.7. The van der Waals surface area contributed by atoms with Crippen molar-refractivity contribution in [2.75, 3.05) is 85.1 Å². The molecule has 4 amide bonds. The number of halogens is 1. The molecule has 368 valence electrons. The van der Waals surface area contributed by atoms with Gasteiger partial charge in [0.1, 0.15) is 12.1 Å². The van der Waals surface area contributed by atoms with Crippen molar-refractivity contribution in [3.63, 3.8) is 0 Å². The van der Waals surface area contributed by atoms with Crippen molar-refractivity contribution in [1.29, 1.82) is 0 Å². The Morgan fingerprint density at radius 1 is 0.552 bits per heavy atom. The van der Waals surface area contributed by atoms with Gasteiger partial charge < -0.3 is 51.5 Å². The van der Waals surface area contributed by atoms with Gasteiger partial charge in [-0.05, 0) is 61.1 Å². The first kappa shape index (κ1) is 55.1. The lowest BCUT2D eigenvalue weighted by Crippen LogP contribution is -2.51. The summed E-state index contributed by atoms with van der Waals surface area (Å²) >= 11 is 3.40.